The highest BCUT2D eigenvalue weighted by Gasteiger charge is 2.23. The van der Waals surface area contributed by atoms with E-state index in [9.17, 15) is 4.79 Å². The van der Waals surface area contributed by atoms with Crippen LogP contribution >= 0.6 is 11.3 Å². The second-order valence-electron chi connectivity index (χ2n) is 4.24. The molecule has 17 heavy (non-hydrogen) atoms. The number of rotatable bonds is 6. The molecule has 1 N–H and O–H groups in total. The number of methoxy groups -OCH3 is 1. The lowest BCUT2D eigenvalue weighted by Crippen LogP contribution is -2.38. The maximum absolute atomic E-state index is 11.4. The van der Waals surface area contributed by atoms with Gasteiger partial charge >= 0.3 is 5.97 Å². The summed E-state index contributed by atoms with van der Waals surface area (Å²) in [4.78, 5) is 12.8. The van der Waals surface area contributed by atoms with E-state index in [1.165, 1.54) is 12.0 Å². The monoisotopic (exact) mass is 255 g/mol. The van der Waals surface area contributed by atoms with E-state index in [4.69, 9.17) is 4.74 Å². The number of esters is 1. The van der Waals surface area contributed by atoms with E-state index in [1.807, 2.05) is 13.8 Å². The average molecular weight is 255 g/mol. The van der Waals surface area contributed by atoms with E-state index in [0.717, 1.165) is 6.42 Å². The highest BCUT2D eigenvalue weighted by atomic mass is 32.1. The van der Waals surface area contributed by atoms with Gasteiger partial charge in [-0.1, -0.05) is 19.9 Å². The van der Waals surface area contributed by atoms with E-state index >= 15 is 0 Å². The number of carbonyl (C=O) groups excluding carboxylic acids is 1. The van der Waals surface area contributed by atoms with E-state index in [1.54, 1.807) is 11.3 Å². The third-order valence-corrected chi connectivity index (χ3v) is 4.07. The first-order valence-electron chi connectivity index (χ1n) is 5.97. The minimum Gasteiger partial charge on any atom is -0.469 e. The molecule has 0 radical (unpaired) electrons. The Morgan fingerprint density at radius 2 is 2.24 bits per heavy atom. The van der Waals surface area contributed by atoms with Gasteiger partial charge in [-0.2, -0.15) is 0 Å². The SMILES string of the molecule is CCC(NC(C)C(C)C(=O)OC)c1cccs1. The summed E-state index contributed by atoms with van der Waals surface area (Å²) in [5.74, 6) is -0.292. The summed E-state index contributed by atoms with van der Waals surface area (Å²) >= 11 is 1.74. The minimum absolute atomic E-state index is 0.106. The quantitative estimate of drug-likeness (QED) is 0.794. The van der Waals surface area contributed by atoms with Gasteiger partial charge in [-0.05, 0) is 24.8 Å². The van der Waals surface area contributed by atoms with E-state index in [0.29, 0.717) is 6.04 Å². The molecule has 1 rings (SSSR count). The fraction of sp³-hybridized carbons (Fsp3) is 0.615. The molecule has 0 fully saturated rings. The van der Waals surface area contributed by atoms with Crippen LogP contribution < -0.4 is 5.32 Å². The summed E-state index contributed by atoms with van der Waals surface area (Å²) < 4.78 is 4.76. The smallest absolute Gasteiger partial charge is 0.309 e. The first kappa shape index (κ1) is 14.2. The van der Waals surface area contributed by atoms with Crippen LogP contribution in [0.3, 0.4) is 0 Å². The van der Waals surface area contributed by atoms with Crippen molar-refractivity contribution < 1.29 is 9.53 Å². The Morgan fingerprint density at radius 3 is 2.71 bits per heavy atom. The molecule has 3 unspecified atom stereocenters. The summed E-state index contributed by atoms with van der Waals surface area (Å²) in [6, 6.07) is 4.60. The van der Waals surface area contributed by atoms with E-state index < -0.39 is 0 Å². The molecule has 0 aliphatic carbocycles. The number of thiophene rings is 1. The van der Waals surface area contributed by atoms with Crippen molar-refractivity contribution in [2.24, 2.45) is 5.92 Å². The number of hydrogen-bond donors (Lipinski definition) is 1. The predicted molar refractivity (Wildman–Crippen MR) is 71.1 cm³/mol. The minimum atomic E-state index is -0.161. The standard InChI is InChI=1S/C13H21NO2S/c1-5-11(12-7-6-8-17-12)14-10(3)9(2)13(15)16-4/h6-11,14H,5H2,1-4H3. The average Bonchev–Trinajstić information content (AvgIpc) is 2.87. The van der Waals surface area contributed by atoms with Crippen LogP contribution in [-0.2, 0) is 9.53 Å². The Hall–Kier alpha value is -0.870. The van der Waals surface area contributed by atoms with E-state index in [2.05, 4.69) is 29.8 Å². The predicted octanol–water partition coefficient (Wildman–Crippen LogP) is 2.99. The van der Waals surface area contributed by atoms with Crippen LogP contribution in [0.25, 0.3) is 0 Å². The van der Waals surface area contributed by atoms with Crippen molar-refractivity contribution in [1.82, 2.24) is 5.32 Å². The van der Waals surface area contributed by atoms with Gasteiger partial charge in [0.05, 0.1) is 13.0 Å². The van der Waals surface area contributed by atoms with Crippen LogP contribution in [-0.4, -0.2) is 19.1 Å². The second kappa shape index (κ2) is 6.77. The zero-order valence-electron chi connectivity index (χ0n) is 10.9. The Morgan fingerprint density at radius 1 is 1.53 bits per heavy atom. The molecule has 96 valence electrons. The Labute approximate surface area is 107 Å². The summed E-state index contributed by atoms with van der Waals surface area (Å²) in [5.41, 5.74) is 0. The third kappa shape index (κ3) is 3.82. The number of hydrogen-bond acceptors (Lipinski definition) is 4. The van der Waals surface area contributed by atoms with Gasteiger partial charge in [-0.25, -0.2) is 0 Å². The summed E-state index contributed by atoms with van der Waals surface area (Å²) in [6.45, 7) is 6.06. The van der Waals surface area contributed by atoms with Gasteiger partial charge < -0.3 is 10.1 Å². The number of carbonyl (C=O) groups is 1. The molecule has 1 aromatic rings. The van der Waals surface area contributed by atoms with Crippen molar-refractivity contribution in [1.29, 1.82) is 0 Å². The highest BCUT2D eigenvalue weighted by Crippen LogP contribution is 2.23. The molecule has 0 aliphatic heterocycles. The summed E-state index contributed by atoms with van der Waals surface area (Å²) in [5, 5.41) is 5.57. The molecule has 0 saturated heterocycles. The normalized spacial score (nSPS) is 16.2. The lowest BCUT2D eigenvalue weighted by Gasteiger charge is -2.24. The van der Waals surface area contributed by atoms with Gasteiger partial charge in [-0.15, -0.1) is 11.3 Å². The zero-order chi connectivity index (χ0) is 12.8. The molecule has 0 aliphatic rings. The van der Waals surface area contributed by atoms with Gasteiger partial charge in [0.2, 0.25) is 0 Å². The largest absolute Gasteiger partial charge is 0.469 e. The van der Waals surface area contributed by atoms with Crippen LogP contribution in [0.1, 0.15) is 38.1 Å². The molecular formula is C13H21NO2S. The van der Waals surface area contributed by atoms with Crippen LogP contribution in [0.5, 0.6) is 0 Å². The van der Waals surface area contributed by atoms with Crippen LogP contribution in [0.4, 0.5) is 0 Å². The van der Waals surface area contributed by atoms with Crippen molar-refractivity contribution in [3.63, 3.8) is 0 Å². The lowest BCUT2D eigenvalue weighted by molar-refractivity contribution is -0.145. The summed E-state index contributed by atoms with van der Waals surface area (Å²) in [6.07, 6.45) is 1.01. The fourth-order valence-corrected chi connectivity index (χ4v) is 2.61. The van der Waals surface area contributed by atoms with Gasteiger partial charge in [-0.3, -0.25) is 4.79 Å². The molecule has 0 saturated carbocycles. The maximum atomic E-state index is 11.4. The van der Waals surface area contributed by atoms with E-state index in [-0.39, 0.29) is 17.9 Å². The third-order valence-electron chi connectivity index (χ3n) is 3.08. The first-order chi connectivity index (χ1) is 8.10. The Kier molecular flexibility index (Phi) is 5.65. The topological polar surface area (TPSA) is 38.3 Å². The molecule has 0 aromatic carbocycles. The number of nitrogens with one attached hydrogen (secondary N) is 1. The van der Waals surface area contributed by atoms with Crippen molar-refractivity contribution >= 4 is 17.3 Å². The Balaban J connectivity index is 2.60. The second-order valence-corrected chi connectivity index (χ2v) is 5.22. The molecule has 3 atom stereocenters. The van der Waals surface area contributed by atoms with Gasteiger partial charge in [0.15, 0.2) is 0 Å². The fourth-order valence-electron chi connectivity index (χ4n) is 1.74. The van der Waals surface area contributed by atoms with Crippen LogP contribution in [0.2, 0.25) is 0 Å². The molecular weight excluding hydrogens is 234 g/mol. The summed E-state index contributed by atoms with van der Waals surface area (Å²) in [7, 11) is 1.43. The molecule has 1 aromatic heterocycles. The van der Waals surface area contributed by atoms with Crippen molar-refractivity contribution in [2.45, 2.75) is 39.3 Å². The molecule has 1 heterocycles. The molecule has 0 amide bonds. The highest BCUT2D eigenvalue weighted by molar-refractivity contribution is 7.10. The first-order valence-corrected chi connectivity index (χ1v) is 6.85. The van der Waals surface area contributed by atoms with Crippen molar-refractivity contribution in [3.8, 4) is 0 Å². The van der Waals surface area contributed by atoms with Crippen molar-refractivity contribution in [3.05, 3.63) is 22.4 Å². The van der Waals surface area contributed by atoms with Gasteiger partial charge in [0, 0.05) is 17.0 Å². The lowest BCUT2D eigenvalue weighted by atomic mass is 10.0. The maximum Gasteiger partial charge on any atom is 0.309 e. The molecule has 0 bridgehead atoms. The molecule has 3 nitrogen and oxygen atoms in total. The van der Waals surface area contributed by atoms with Gasteiger partial charge in [0.1, 0.15) is 0 Å². The zero-order valence-corrected chi connectivity index (χ0v) is 11.7. The Bertz CT molecular complexity index is 337. The molecule has 0 spiro atoms. The van der Waals surface area contributed by atoms with Crippen molar-refractivity contribution in [2.75, 3.05) is 7.11 Å². The number of ether oxygens (including phenoxy) is 1. The van der Waals surface area contributed by atoms with Crippen LogP contribution in [0, 0.1) is 5.92 Å². The van der Waals surface area contributed by atoms with Gasteiger partial charge in [0.25, 0.3) is 0 Å². The van der Waals surface area contributed by atoms with Crippen LogP contribution in [0.15, 0.2) is 17.5 Å². The molecule has 4 heteroatoms.